The Kier molecular flexibility index (Phi) is 5.07. The number of hydrogen-bond acceptors (Lipinski definition) is 4. The standard InChI is InChI=1S/C17H29N3O/c1-6-10-18-14-12(2)15(21-11-9-13-7-8-13)20-16(19-14)17(3,4)5/h13H,6-11H2,1-5H3,(H,18,19,20). The van der Waals surface area contributed by atoms with E-state index in [0.717, 1.165) is 55.0 Å². The summed E-state index contributed by atoms with van der Waals surface area (Å²) in [6.07, 6.45) is 4.95. The molecule has 1 aromatic rings. The summed E-state index contributed by atoms with van der Waals surface area (Å²) in [6, 6.07) is 0. The summed E-state index contributed by atoms with van der Waals surface area (Å²) in [4.78, 5) is 9.35. The molecule has 0 saturated heterocycles. The lowest BCUT2D eigenvalue weighted by Gasteiger charge is -2.21. The molecule has 1 N–H and O–H groups in total. The highest BCUT2D eigenvalue weighted by Crippen LogP contribution is 2.33. The van der Waals surface area contributed by atoms with Gasteiger partial charge in [0, 0.05) is 12.0 Å². The minimum absolute atomic E-state index is 0.0784. The maximum atomic E-state index is 5.95. The number of anilines is 1. The van der Waals surface area contributed by atoms with Crippen molar-refractivity contribution in [3.05, 3.63) is 11.4 Å². The largest absolute Gasteiger partial charge is 0.477 e. The molecule has 0 aliphatic heterocycles. The molecule has 1 saturated carbocycles. The van der Waals surface area contributed by atoms with Gasteiger partial charge in [-0.2, -0.15) is 4.98 Å². The van der Waals surface area contributed by atoms with E-state index in [1.807, 2.05) is 6.92 Å². The maximum absolute atomic E-state index is 5.95. The van der Waals surface area contributed by atoms with Crippen LogP contribution in [0.5, 0.6) is 5.88 Å². The predicted octanol–water partition coefficient (Wildman–Crippen LogP) is 4.08. The molecule has 21 heavy (non-hydrogen) atoms. The van der Waals surface area contributed by atoms with Crippen LogP contribution in [0, 0.1) is 12.8 Å². The van der Waals surface area contributed by atoms with Crippen molar-refractivity contribution < 1.29 is 4.74 Å². The van der Waals surface area contributed by atoms with Gasteiger partial charge in [-0.15, -0.1) is 0 Å². The van der Waals surface area contributed by atoms with Crippen molar-refractivity contribution in [2.45, 2.75) is 65.7 Å². The second-order valence-electron chi connectivity index (χ2n) is 7.08. The number of nitrogens with one attached hydrogen (secondary N) is 1. The summed E-state index contributed by atoms with van der Waals surface area (Å²) in [6.45, 7) is 12.3. The average molecular weight is 291 g/mol. The van der Waals surface area contributed by atoms with Crippen LogP contribution in [0.25, 0.3) is 0 Å². The summed E-state index contributed by atoms with van der Waals surface area (Å²) in [5.74, 6) is 3.38. The van der Waals surface area contributed by atoms with Crippen molar-refractivity contribution in [1.82, 2.24) is 9.97 Å². The van der Waals surface area contributed by atoms with Crippen LogP contribution in [0.3, 0.4) is 0 Å². The van der Waals surface area contributed by atoms with Crippen LogP contribution in [0.1, 0.15) is 64.8 Å². The van der Waals surface area contributed by atoms with Gasteiger partial charge in [0.2, 0.25) is 5.88 Å². The molecule has 1 aliphatic rings. The van der Waals surface area contributed by atoms with Crippen LogP contribution < -0.4 is 10.1 Å². The molecule has 1 aliphatic carbocycles. The second kappa shape index (κ2) is 6.63. The molecule has 0 amide bonds. The zero-order valence-corrected chi connectivity index (χ0v) is 14.1. The highest BCUT2D eigenvalue weighted by atomic mass is 16.5. The average Bonchev–Trinajstić information content (AvgIpc) is 3.22. The van der Waals surface area contributed by atoms with Crippen LogP contribution in [0.2, 0.25) is 0 Å². The lowest BCUT2D eigenvalue weighted by Crippen LogP contribution is -2.19. The molecule has 0 bridgehead atoms. The molecule has 4 heteroatoms. The van der Waals surface area contributed by atoms with Gasteiger partial charge in [-0.25, -0.2) is 4.98 Å². The first-order chi connectivity index (χ1) is 9.91. The second-order valence-corrected chi connectivity index (χ2v) is 7.08. The van der Waals surface area contributed by atoms with Gasteiger partial charge in [0.25, 0.3) is 0 Å². The van der Waals surface area contributed by atoms with Crippen molar-refractivity contribution in [2.24, 2.45) is 5.92 Å². The molecule has 0 atom stereocenters. The van der Waals surface area contributed by atoms with Gasteiger partial charge in [0.15, 0.2) is 0 Å². The van der Waals surface area contributed by atoms with E-state index in [1.54, 1.807) is 0 Å². The Morgan fingerprint density at radius 1 is 1.24 bits per heavy atom. The molecule has 1 aromatic heterocycles. The lowest BCUT2D eigenvalue weighted by atomic mass is 9.95. The first-order valence-electron chi connectivity index (χ1n) is 8.17. The first kappa shape index (κ1) is 16.1. The molecule has 1 fully saturated rings. The zero-order valence-electron chi connectivity index (χ0n) is 14.1. The van der Waals surface area contributed by atoms with Gasteiger partial charge in [-0.3, -0.25) is 0 Å². The third-order valence-electron chi connectivity index (χ3n) is 3.78. The highest BCUT2D eigenvalue weighted by Gasteiger charge is 2.23. The van der Waals surface area contributed by atoms with Crippen molar-refractivity contribution >= 4 is 5.82 Å². The van der Waals surface area contributed by atoms with Gasteiger partial charge < -0.3 is 10.1 Å². The topological polar surface area (TPSA) is 47.0 Å². The van der Waals surface area contributed by atoms with E-state index in [9.17, 15) is 0 Å². The van der Waals surface area contributed by atoms with Crippen molar-refractivity contribution in [3.8, 4) is 5.88 Å². The Morgan fingerprint density at radius 2 is 1.95 bits per heavy atom. The van der Waals surface area contributed by atoms with E-state index >= 15 is 0 Å². The fourth-order valence-corrected chi connectivity index (χ4v) is 2.12. The predicted molar refractivity (Wildman–Crippen MR) is 87.1 cm³/mol. The van der Waals surface area contributed by atoms with Gasteiger partial charge in [-0.05, 0) is 25.7 Å². The quantitative estimate of drug-likeness (QED) is 0.822. The van der Waals surface area contributed by atoms with Crippen molar-refractivity contribution in [2.75, 3.05) is 18.5 Å². The molecule has 0 radical (unpaired) electrons. The minimum Gasteiger partial charge on any atom is -0.477 e. The normalized spacial score (nSPS) is 15.1. The van der Waals surface area contributed by atoms with Crippen LogP contribution in [-0.2, 0) is 5.41 Å². The van der Waals surface area contributed by atoms with Gasteiger partial charge in [0.1, 0.15) is 11.6 Å². The first-order valence-corrected chi connectivity index (χ1v) is 8.17. The number of aromatic nitrogens is 2. The molecule has 4 nitrogen and oxygen atoms in total. The fourth-order valence-electron chi connectivity index (χ4n) is 2.12. The number of nitrogens with zero attached hydrogens (tertiary/aromatic N) is 2. The molecule has 0 spiro atoms. The van der Waals surface area contributed by atoms with Crippen LogP contribution >= 0.6 is 0 Å². The van der Waals surface area contributed by atoms with E-state index < -0.39 is 0 Å². The zero-order chi connectivity index (χ0) is 15.5. The Balaban J connectivity index is 2.18. The van der Waals surface area contributed by atoms with E-state index in [4.69, 9.17) is 9.72 Å². The van der Waals surface area contributed by atoms with Crippen molar-refractivity contribution in [3.63, 3.8) is 0 Å². The highest BCUT2D eigenvalue weighted by molar-refractivity contribution is 5.49. The summed E-state index contributed by atoms with van der Waals surface area (Å²) in [5.41, 5.74) is 0.942. The van der Waals surface area contributed by atoms with Crippen LogP contribution in [0.4, 0.5) is 5.82 Å². The summed E-state index contributed by atoms with van der Waals surface area (Å²) in [7, 11) is 0. The Hall–Kier alpha value is -1.32. The molecule has 0 aromatic carbocycles. The SMILES string of the molecule is CCCNc1nc(C(C)(C)C)nc(OCCC2CC2)c1C. The number of rotatable bonds is 7. The number of ether oxygens (including phenoxy) is 1. The molecular formula is C17H29N3O. The van der Waals surface area contributed by atoms with Gasteiger partial charge in [-0.1, -0.05) is 40.5 Å². The summed E-state index contributed by atoms with van der Waals surface area (Å²) in [5, 5.41) is 3.40. The summed E-state index contributed by atoms with van der Waals surface area (Å²) < 4.78 is 5.95. The Bertz CT molecular complexity index is 476. The summed E-state index contributed by atoms with van der Waals surface area (Å²) >= 11 is 0. The smallest absolute Gasteiger partial charge is 0.221 e. The Morgan fingerprint density at radius 3 is 2.52 bits per heavy atom. The van der Waals surface area contributed by atoms with Gasteiger partial charge in [0.05, 0.1) is 12.2 Å². The maximum Gasteiger partial charge on any atom is 0.221 e. The molecule has 0 unspecified atom stereocenters. The molecular weight excluding hydrogens is 262 g/mol. The fraction of sp³-hybridized carbons (Fsp3) is 0.765. The lowest BCUT2D eigenvalue weighted by molar-refractivity contribution is 0.286. The van der Waals surface area contributed by atoms with E-state index in [2.05, 4.69) is 38.0 Å². The third-order valence-corrected chi connectivity index (χ3v) is 3.78. The molecule has 118 valence electrons. The Labute approximate surface area is 128 Å². The number of hydrogen-bond donors (Lipinski definition) is 1. The minimum atomic E-state index is -0.0784. The van der Waals surface area contributed by atoms with E-state index in [1.165, 1.54) is 12.8 Å². The van der Waals surface area contributed by atoms with Crippen LogP contribution in [0.15, 0.2) is 0 Å². The van der Waals surface area contributed by atoms with Crippen LogP contribution in [-0.4, -0.2) is 23.1 Å². The molecule has 2 rings (SSSR count). The van der Waals surface area contributed by atoms with Crippen molar-refractivity contribution in [1.29, 1.82) is 0 Å². The van der Waals surface area contributed by atoms with Gasteiger partial charge >= 0.3 is 0 Å². The monoisotopic (exact) mass is 291 g/mol. The van der Waals surface area contributed by atoms with E-state index in [-0.39, 0.29) is 5.41 Å². The molecule has 1 heterocycles. The van der Waals surface area contributed by atoms with E-state index in [0.29, 0.717) is 0 Å². The third kappa shape index (κ3) is 4.58.